The Morgan fingerprint density at radius 3 is 2.44 bits per heavy atom. The van der Waals surface area contributed by atoms with Crippen LogP contribution in [0.25, 0.3) is 5.57 Å². The van der Waals surface area contributed by atoms with Crippen molar-refractivity contribution in [3.63, 3.8) is 0 Å². The number of non-ortho nitro benzene ring substituents is 1. The average Bonchev–Trinajstić information content (AvgIpc) is 2.29. The summed E-state index contributed by atoms with van der Waals surface area (Å²) in [5, 5.41) is 10.5. The monoisotopic (exact) mass is 215 g/mol. The maximum Gasteiger partial charge on any atom is 0.269 e. The number of rotatable bonds is 4. The summed E-state index contributed by atoms with van der Waals surface area (Å²) < 4.78 is 0. The molecule has 1 aromatic rings. The molecule has 1 rings (SSSR count). The van der Waals surface area contributed by atoms with E-state index in [2.05, 4.69) is 6.58 Å². The SMILES string of the molecule is C=C(/C=C\C=C/C)c1ccc([N+](=O)[O-])cc1. The van der Waals surface area contributed by atoms with E-state index in [-0.39, 0.29) is 5.69 Å². The van der Waals surface area contributed by atoms with E-state index < -0.39 is 4.92 Å². The van der Waals surface area contributed by atoms with Crippen LogP contribution in [0.5, 0.6) is 0 Å². The fourth-order valence-corrected chi connectivity index (χ4v) is 1.18. The minimum Gasteiger partial charge on any atom is -0.258 e. The zero-order chi connectivity index (χ0) is 12.0. The Labute approximate surface area is 94.6 Å². The lowest BCUT2D eigenvalue weighted by Gasteiger charge is -1.99. The molecule has 0 N–H and O–H groups in total. The lowest BCUT2D eigenvalue weighted by atomic mass is 10.1. The van der Waals surface area contributed by atoms with Crippen molar-refractivity contribution in [2.75, 3.05) is 0 Å². The van der Waals surface area contributed by atoms with Gasteiger partial charge in [0.05, 0.1) is 4.92 Å². The third-order valence-corrected chi connectivity index (χ3v) is 2.05. The third kappa shape index (κ3) is 3.20. The van der Waals surface area contributed by atoms with Crippen LogP contribution in [0.3, 0.4) is 0 Å². The van der Waals surface area contributed by atoms with Gasteiger partial charge in [-0.25, -0.2) is 0 Å². The van der Waals surface area contributed by atoms with Crippen LogP contribution in [-0.2, 0) is 0 Å². The topological polar surface area (TPSA) is 43.1 Å². The van der Waals surface area contributed by atoms with Crippen molar-refractivity contribution < 1.29 is 4.92 Å². The van der Waals surface area contributed by atoms with Crippen LogP contribution >= 0.6 is 0 Å². The summed E-state index contributed by atoms with van der Waals surface area (Å²) in [5.74, 6) is 0. The normalized spacial score (nSPS) is 11.1. The van der Waals surface area contributed by atoms with Gasteiger partial charge in [-0.2, -0.15) is 0 Å². The van der Waals surface area contributed by atoms with E-state index in [1.54, 1.807) is 12.1 Å². The molecule has 3 heteroatoms. The molecular weight excluding hydrogens is 202 g/mol. The third-order valence-electron chi connectivity index (χ3n) is 2.05. The summed E-state index contributed by atoms with van der Waals surface area (Å²) >= 11 is 0. The highest BCUT2D eigenvalue weighted by molar-refractivity contribution is 5.72. The van der Waals surface area contributed by atoms with Gasteiger partial charge in [-0.3, -0.25) is 10.1 Å². The van der Waals surface area contributed by atoms with Gasteiger partial charge in [-0.05, 0) is 30.2 Å². The molecule has 0 amide bonds. The second-order valence-electron chi connectivity index (χ2n) is 3.21. The van der Waals surface area contributed by atoms with Crippen LogP contribution in [-0.4, -0.2) is 4.92 Å². The molecule has 0 atom stereocenters. The highest BCUT2D eigenvalue weighted by Gasteiger charge is 2.03. The Morgan fingerprint density at radius 2 is 1.94 bits per heavy atom. The zero-order valence-electron chi connectivity index (χ0n) is 9.09. The van der Waals surface area contributed by atoms with Gasteiger partial charge in [0.1, 0.15) is 0 Å². The average molecular weight is 215 g/mol. The van der Waals surface area contributed by atoms with Crippen molar-refractivity contribution in [2.24, 2.45) is 0 Å². The predicted octanol–water partition coefficient (Wildman–Crippen LogP) is 3.74. The van der Waals surface area contributed by atoms with Crippen molar-refractivity contribution >= 4 is 11.3 Å². The number of nitrogens with zero attached hydrogens (tertiary/aromatic N) is 1. The van der Waals surface area contributed by atoms with Crippen LogP contribution in [0.1, 0.15) is 12.5 Å². The molecule has 1 aromatic carbocycles. The first-order chi connectivity index (χ1) is 7.65. The number of nitro groups is 1. The molecule has 0 unspecified atom stereocenters. The number of allylic oxidation sites excluding steroid dienone is 5. The highest BCUT2D eigenvalue weighted by atomic mass is 16.6. The van der Waals surface area contributed by atoms with Gasteiger partial charge in [0.25, 0.3) is 5.69 Å². The van der Waals surface area contributed by atoms with Gasteiger partial charge in [-0.15, -0.1) is 0 Å². The van der Waals surface area contributed by atoms with Crippen molar-refractivity contribution in [2.45, 2.75) is 6.92 Å². The lowest BCUT2D eigenvalue weighted by molar-refractivity contribution is -0.384. The van der Waals surface area contributed by atoms with E-state index in [4.69, 9.17) is 0 Å². The molecule has 0 spiro atoms. The van der Waals surface area contributed by atoms with E-state index in [1.807, 2.05) is 31.2 Å². The quantitative estimate of drug-likeness (QED) is 0.436. The van der Waals surface area contributed by atoms with Crippen molar-refractivity contribution in [3.05, 3.63) is 70.8 Å². The molecule has 0 fully saturated rings. The first-order valence-corrected chi connectivity index (χ1v) is 4.88. The predicted molar refractivity (Wildman–Crippen MR) is 66.1 cm³/mol. The molecule has 0 saturated carbocycles. The smallest absolute Gasteiger partial charge is 0.258 e. The van der Waals surface area contributed by atoms with Crippen LogP contribution in [0, 0.1) is 10.1 Å². The maximum atomic E-state index is 10.5. The van der Waals surface area contributed by atoms with Crippen LogP contribution < -0.4 is 0 Å². The van der Waals surface area contributed by atoms with E-state index in [0.717, 1.165) is 11.1 Å². The minimum absolute atomic E-state index is 0.0917. The van der Waals surface area contributed by atoms with Crippen molar-refractivity contribution in [1.29, 1.82) is 0 Å². The molecule has 82 valence electrons. The van der Waals surface area contributed by atoms with E-state index >= 15 is 0 Å². The summed E-state index contributed by atoms with van der Waals surface area (Å²) in [6, 6.07) is 6.34. The van der Waals surface area contributed by atoms with Crippen LogP contribution in [0.4, 0.5) is 5.69 Å². The summed E-state index contributed by atoms with van der Waals surface area (Å²) in [5.41, 5.74) is 1.80. The molecule has 16 heavy (non-hydrogen) atoms. The fraction of sp³-hybridized carbons (Fsp3) is 0.0769. The highest BCUT2D eigenvalue weighted by Crippen LogP contribution is 2.18. The number of hydrogen-bond donors (Lipinski definition) is 0. The first kappa shape index (κ1) is 11.9. The van der Waals surface area contributed by atoms with Crippen molar-refractivity contribution in [1.82, 2.24) is 0 Å². The molecule has 0 saturated heterocycles. The van der Waals surface area contributed by atoms with Gasteiger partial charge in [-0.1, -0.05) is 30.9 Å². The van der Waals surface area contributed by atoms with E-state index in [9.17, 15) is 10.1 Å². The molecule has 0 aliphatic heterocycles. The number of nitro benzene ring substituents is 1. The van der Waals surface area contributed by atoms with Gasteiger partial charge < -0.3 is 0 Å². The Hall–Kier alpha value is -2.16. The Balaban J connectivity index is 2.82. The summed E-state index contributed by atoms with van der Waals surface area (Å²) in [7, 11) is 0. The molecule has 0 aromatic heterocycles. The summed E-state index contributed by atoms with van der Waals surface area (Å²) in [4.78, 5) is 10.0. The van der Waals surface area contributed by atoms with Crippen LogP contribution in [0.2, 0.25) is 0 Å². The Kier molecular flexibility index (Phi) is 4.21. The molecule has 0 aliphatic carbocycles. The summed E-state index contributed by atoms with van der Waals surface area (Å²) in [6.45, 7) is 5.81. The van der Waals surface area contributed by atoms with Crippen molar-refractivity contribution in [3.8, 4) is 0 Å². The Morgan fingerprint density at radius 1 is 1.31 bits per heavy atom. The van der Waals surface area contributed by atoms with Gasteiger partial charge in [0.2, 0.25) is 0 Å². The lowest BCUT2D eigenvalue weighted by Crippen LogP contribution is -1.87. The van der Waals surface area contributed by atoms with Gasteiger partial charge in [0, 0.05) is 12.1 Å². The molecular formula is C13H13NO2. The molecule has 0 aliphatic rings. The second kappa shape index (κ2) is 5.66. The standard InChI is InChI=1S/C13H13NO2/c1-3-4-5-6-11(2)12-7-9-13(10-8-12)14(15)16/h3-10H,2H2,1H3/b4-3-,6-5-. The molecule has 3 nitrogen and oxygen atoms in total. The van der Waals surface area contributed by atoms with E-state index in [0.29, 0.717) is 0 Å². The van der Waals surface area contributed by atoms with E-state index in [1.165, 1.54) is 12.1 Å². The molecule has 0 radical (unpaired) electrons. The minimum atomic E-state index is -0.414. The fourth-order valence-electron chi connectivity index (χ4n) is 1.18. The van der Waals surface area contributed by atoms with Gasteiger partial charge >= 0.3 is 0 Å². The maximum absolute atomic E-state index is 10.5. The van der Waals surface area contributed by atoms with Gasteiger partial charge in [0.15, 0.2) is 0 Å². The Bertz CT molecular complexity index is 442. The summed E-state index contributed by atoms with van der Waals surface area (Å²) in [6.07, 6.45) is 7.56. The second-order valence-corrected chi connectivity index (χ2v) is 3.21. The zero-order valence-corrected chi connectivity index (χ0v) is 9.09. The molecule has 0 heterocycles. The largest absolute Gasteiger partial charge is 0.269 e. The van der Waals surface area contributed by atoms with Crippen LogP contribution in [0.15, 0.2) is 55.1 Å². The number of hydrogen-bond acceptors (Lipinski definition) is 2. The first-order valence-electron chi connectivity index (χ1n) is 4.88. The number of benzene rings is 1. The molecule has 0 bridgehead atoms.